The molecule has 0 aliphatic heterocycles. The van der Waals surface area contributed by atoms with Crippen molar-refractivity contribution in [2.24, 2.45) is 0 Å². The molecule has 1 aromatic heterocycles. The molecule has 8 heteroatoms. The van der Waals surface area contributed by atoms with Crippen molar-refractivity contribution in [3.63, 3.8) is 0 Å². The molecule has 0 radical (unpaired) electrons. The lowest BCUT2D eigenvalue weighted by Gasteiger charge is -2.26. The maximum Gasteiger partial charge on any atom is 0.355 e. The van der Waals surface area contributed by atoms with Crippen molar-refractivity contribution in [1.29, 1.82) is 0 Å². The Labute approximate surface area is 178 Å². The normalized spacial score (nSPS) is 12.8. The van der Waals surface area contributed by atoms with Gasteiger partial charge in [-0.1, -0.05) is 25.1 Å². The number of carbonyl (C=O) groups is 2. The Morgan fingerprint density at radius 2 is 1.70 bits per heavy atom. The third kappa shape index (κ3) is 4.20. The zero-order valence-corrected chi connectivity index (χ0v) is 19.2. The lowest BCUT2D eigenvalue weighted by molar-refractivity contribution is 0.0512. The number of ketones is 1. The molecule has 7 nitrogen and oxygen atoms in total. The highest BCUT2D eigenvalue weighted by Crippen LogP contribution is 2.27. The van der Waals surface area contributed by atoms with E-state index in [-0.39, 0.29) is 23.8 Å². The second-order valence-corrected chi connectivity index (χ2v) is 8.85. The van der Waals surface area contributed by atoms with Gasteiger partial charge < -0.3 is 9.30 Å². The molecule has 0 unspecified atom stereocenters. The predicted octanol–water partition coefficient (Wildman–Crippen LogP) is 3.58. The minimum Gasteiger partial charge on any atom is -0.461 e. The summed E-state index contributed by atoms with van der Waals surface area (Å²) < 4.78 is 34.4. The van der Waals surface area contributed by atoms with Gasteiger partial charge in [0.15, 0.2) is 5.78 Å². The molecule has 2 aromatic rings. The van der Waals surface area contributed by atoms with Crippen LogP contribution >= 0.6 is 0 Å². The lowest BCUT2D eigenvalue weighted by atomic mass is 10.0. The van der Waals surface area contributed by atoms with Crippen LogP contribution in [0.5, 0.6) is 0 Å². The highest BCUT2D eigenvalue weighted by Gasteiger charge is 2.35. The van der Waals surface area contributed by atoms with Gasteiger partial charge in [-0.15, -0.1) is 0 Å². The van der Waals surface area contributed by atoms with Crippen LogP contribution in [0.25, 0.3) is 0 Å². The quantitative estimate of drug-likeness (QED) is 0.445. The first-order chi connectivity index (χ1) is 14.1. The van der Waals surface area contributed by atoms with Crippen molar-refractivity contribution in [2.45, 2.75) is 59.0 Å². The van der Waals surface area contributed by atoms with E-state index in [9.17, 15) is 18.0 Å². The van der Waals surface area contributed by atoms with Crippen LogP contribution < -0.4 is 0 Å². The number of Topliss-reactive ketones (excluding diaryl/α,β-unsaturated/α-hetero) is 1. The van der Waals surface area contributed by atoms with Gasteiger partial charge in [0.2, 0.25) is 10.0 Å². The van der Waals surface area contributed by atoms with Crippen LogP contribution in [-0.2, 0) is 21.3 Å². The minimum atomic E-state index is -3.85. The standard InChI is InChI=1S/C22H30N2O5S/c1-7-23-16(5)19(15(4)20(23)22(26)29-9-3)21(25)17(6)24(8-2)30(27,28)18-13-11-10-12-14-18/h10-14,17H,7-9H2,1-6H3/t17-/m1/s1. The first kappa shape index (κ1) is 23.8. The highest BCUT2D eigenvalue weighted by atomic mass is 32.2. The monoisotopic (exact) mass is 434 g/mol. The number of likely N-dealkylation sites (N-methyl/N-ethyl adjacent to an activating group) is 1. The molecule has 0 N–H and O–H groups in total. The van der Waals surface area contributed by atoms with Gasteiger partial charge in [-0.05, 0) is 52.3 Å². The summed E-state index contributed by atoms with van der Waals surface area (Å²) in [4.78, 5) is 26.1. The fourth-order valence-electron chi connectivity index (χ4n) is 3.84. The Hall–Kier alpha value is -2.45. The molecular weight excluding hydrogens is 404 g/mol. The van der Waals surface area contributed by atoms with Crippen LogP contribution in [0.15, 0.2) is 35.2 Å². The molecule has 0 saturated carbocycles. The summed E-state index contributed by atoms with van der Waals surface area (Å²) in [5.74, 6) is -0.833. The SMILES string of the molecule is CCOC(=O)c1c(C)c(C(=O)[C@@H](C)N(CC)S(=O)(=O)c2ccccc2)c(C)n1CC. The Morgan fingerprint density at radius 1 is 1.10 bits per heavy atom. The molecule has 0 aliphatic carbocycles. The summed E-state index contributed by atoms with van der Waals surface area (Å²) in [6.07, 6.45) is 0. The van der Waals surface area contributed by atoms with E-state index in [1.807, 2.05) is 6.92 Å². The Bertz CT molecular complexity index is 1030. The fraction of sp³-hybridized carbons (Fsp3) is 0.455. The highest BCUT2D eigenvalue weighted by molar-refractivity contribution is 7.89. The first-order valence-corrected chi connectivity index (χ1v) is 11.5. The summed E-state index contributed by atoms with van der Waals surface area (Å²) in [7, 11) is -3.85. The van der Waals surface area contributed by atoms with Gasteiger partial charge >= 0.3 is 5.97 Å². The Balaban J connectivity index is 2.53. The second-order valence-electron chi connectivity index (χ2n) is 6.96. The number of aromatic nitrogens is 1. The lowest BCUT2D eigenvalue weighted by Crippen LogP contribution is -2.43. The van der Waals surface area contributed by atoms with Gasteiger partial charge in [-0.25, -0.2) is 13.2 Å². The Kier molecular flexibility index (Phi) is 7.60. The molecule has 1 aromatic carbocycles. The van der Waals surface area contributed by atoms with E-state index in [0.717, 1.165) is 0 Å². The summed E-state index contributed by atoms with van der Waals surface area (Å²) in [5.41, 5.74) is 1.84. The number of nitrogens with zero attached hydrogens (tertiary/aromatic N) is 2. The van der Waals surface area contributed by atoms with Gasteiger partial charge in [0.1, 0.15) is 5.69 Å². The van der Waals surface area contributed by atoms with E-state index >= 15 is 0 Å². The third-order valence-electron chi connectivity index (χ3n) is 5.27. The fourth-order valence-corrected chi connectivity index (χ4v) is 5.46. The van der Waals surface area contributed by atoms with Crippen molar-refractivity contribution >= 4 is 21.8 Å². The number of hydrogen-bond donors (Lipinski definition) is 0. The molecule has 0 spiro atoms. The molecule has 2 rings (SSSR count). The van der Waals surface area contributed by atoms with Crippen molar-refractivity contribution in [1.82, 2.24) is 8.87 Å². The molecule has 1 heterocycles. The molecule has 30 heavy (non-hydrogen) atoms. The number of carbonyl (C=O) groups excluding carboxylic acids is 2. The van der Waals surface area contributed by atoms with Crippen molar-refractivity contribution in [3.8, 4) is 0 Å². The number of rotatable bonds is 9. The maximum atomic E-state index is 13.5. The van der Waals surface area contributed by atoms with Crippen LogP contribution in [0.2, 0.25) is 0 Å². The molecular formula is C22H30N2O5S. The number of sulfonamides is 1. The molecule has 0 aliphatic rings. The summed E-state index contributed by atoms with van der Waals surface area (Å²) >= 11 is 0. The number of hydrogen-bond acceptors (Lipinski definition) is 5. The molecule has 164 valence electrons. The maximum absolute atomic E-state index is 13.5. The van der Waals surface area contributed by atoms with Crippen molar-refractivity contribution in [2.75, 3.05) is 13.2 Å². The molecule has 0 saturated heterocycles. The third-order valence-corrected chi connectivity index (χ3v) is 7.33. The van der Waals surface area contributed by atoms with Crippen molar-refractivity contribution < 1.29 is 22.7 Å². The number of ether oxygens (including phenoxy) is 1. The van der Waals surface area contributed by atoms with E-state index in [1.54, 1.807) is 57.4 Å². The average molecular weight is 435 g/mol. The van der Waals surface area contributed by atoms with Crippen LogP contribution in [-0.4, -0.2) is 48.2 Å². The van der Waals surface area contributed by atoms with E-state index in [0.29, 0.717) is 29.1 Å². The van der Waals surface area contributed by atoms with Gasteiger partial charge in [0.25, 0.3) is 0 Å². The topological polar surface area (TPSA) is 85.7 Å². The van der Waals surface area contributed by atoms with Gasteiger partial charge in [-0.2, -0.15) is 4.31 Å². The van der Waals surface area contributed by atoms with E-state index in [1.165, 1.54) is 16.4 Å². The second kappa shape index (κ2) is 9.57. The van der Waals surface area contributed by atoms with Crippen LogP contribution in [0.3, 0.4) is 0 Å². The van der Waals surface area contributed by atoms with Gasteiger partial charge in [0, 0.05) is 24.3 Å². The van der Waals surface area contributed by atoms with Gasteiger partial charge in [0.05, 0.1) is 17.5 Å². The zero-order chi connectivity index (χ0) is 22.6. The van der Waals surface area contributed by atoms with Crippen LogP contribution in [0.4, 0.5) is 0 Å². The Morgan fingerprint density at radius 3 is 2.20 bits per heavy atom. The van der Waals surface area contributed by atoms with E-state index < -0.39 is 22.0 Å². The van der Waals surface area contributed by atoms with Gasteiger partial charge in [-0.3, -0.25) is 4.79 Å². The summed E-state index contributed by atoms with van der Waals surface area (Å²) in [6, 6.07) is 7.13. The number of benzene rings is 1. The molecule has 1 atom stereocenters. The number of esters is 1. The van der Waals surface area contributed by atoms with E-state index in [2.05, 4.69) is 0 Å². The van der Waals surface area contributed by atoms with Crippen LogP contribution in [0.1, 0.15) is 59.8 Å². The van der Waals surface area contributed by atoms with E-state index in [4.69, 9.17) is 4.74 Å². The molecule has 0 fully saturated rings. The summed E-state index contributed by atoms with van der Waals surface area (Å²) in [5, 5.41) is 0. The predicted molar refractivity (Wildman–Crippen MR) is 115 cm³/mol. The smallest absolute Gasteiger partial charge is 0.355 e. The zero-order valence-electron chi connectivity index (χ0n) is 18.4. The first-order valence-electron chi connectivity index (χ1n) is 10.1. The molecule has 0 amide bonds. The van der Waals surface area contributed by atoms with Crippen LogP contribution in [0, 0.1) is 13.8 Å². The molecule has 0 bridgehead atoms. The van der Waals surface area contributed by atoms with Crippen molar-refractivity contribution in [3.05, 3.63) is 52.8 Å². The average Bonchev–Trinajstić information content (AvgIpc) is 2.98. The minimum absolute atomic E-state index is 0.137. The largest absolute Gasteiger partial charge is 0.461 e. The summed E-state index contributed by atoms with van der Waals surface area (Å²) in [6.45, 7) is 11.2.